The van der Waals surface area contributed by atoms with Gasteiger partial charge in [0, 0.05) is 0 Å². The van der Waals surface area contributed by atoms with E-state index in [4.69, 9.17) is 0 Å². The minimum absolute atomic E-state index is 0.745. The van der Waals surface area contributed by atoms with Gasteiger partial charge in [0.15, 0.2) is 0 Å². The van der Waals surface area contributed by atoms with Gasteiger partial charge in [0.05, 0.1) is 0 Å². The second kappa shape index (κ2) is 9.66. The molecule has 0 saturated carbocycles. The van der Waals surface area contributed by atoms with Gasteiger partial charge in [-0.15, -0.1) is 0 Å². The van der Waals surface area contributed by atoms with Gasteiger partial charge in [0.25, 0.3) is 0 Å². The van der Waals surface area contributed by atoms with E-state index >= 15 is 0 Å². The van der Waals surface area contributed by atoms with Crippen molar-refractivity contribution in [2.24, 2.45) is 0 Å². The summed E-state index contributed by atoms with van der Waals surface area (Å²) in [6.45, 7) is 4.59. The molecule has 22 heavy (non-hydrogen) atoms. The lowest BCUT2D eigenvalue weighted by atomic mass is 9.85. The topological polar surface area (TPSA) is 0 Å². The van der Waals surface area contributed by atoms with Crippen molar-refractivity contribution in [3.8, 4) is 0 Å². The minimum atomic E-state index is 0.745. The molecule has 0 fully saturated rings. The van der Waals surface area contributed by atoms with E-state index in [1.165, 1.54) is 68.6 Å². The first-order chi connectivity index (χ1) is 10.9. The lowest BCUT2D eigenvalue weighted by molar-refractivity contribution is 0.503. The molecule has 0 heteroatoms. The average Bonchev–Trinajstić information content (AvgIpc) is 2.57. The number of hydrogen-bond donors (Lipinski definition) is 0. The highest BCUT2D eigenvalue weighted by Crippen LogP contribution is 2.33. The van der Waals surface area contributed by atoms with Crippen molar-refractivity contribution in [2.45, 2.75) is 77.6 Å². The molecule has 0 nitrogen and oxygen atoms in total. The highest BCUT2D eigenvalue weighted by Gasteiger charge is 2.13. The van der Waals surface area contributed by atoms with Crippen molar-refractivity contribution in [1.82, 2.24) is 0 Å². The molecule has 0 spiro atoms. The molecule has 0 aliphatic rings. The third-order valence-corrected chi connectivity index (χ3v) is 4.83. The second-order valence-corrected chi connectivity index (χ2v) is 6.61. The van der Waals surface area contributed by atoms with Crippen LogP contribution in [-0.4, -0.2) is 0 Å². The summed E-state index contributed by atoms with van der Waals surface area (Å²) in [6, 6.07) is 15.8. The quantitative estimate of drug-likeness (QED) is 0.399. The van der Waals surface area contributed by atoms with Crippen molar-refractivity contribution in [1.29, 1.82) is 0 Å². The van der Waals surface area contributed by atoms with Crippen LogP contribution in [0.3, 0.4) is 0 Å². The van der Waals surface area contributed by atoms with E-state index in [0.717, 1.165) is 5.92 Å². The lowest BCUT2D eigenvalue weighted by Crippen LogP contribution is -2.01. The highest BCUT2D eigenvalue weighted by atomic mass is 14.2. The molecule has 2 aromatic rings. The molecule has 0 N–H and O–H groups in total. The van der Waals surface area contributed by atoms with Crippen molar-refractivity contribution in [2.75, 3.05) is 0 Å². The van der Waals surface area contributed by atoms with Gasteiger partial charge < -0.3 is 0 Å². The van der Waals surface area contributed by atoms with Crippen molar-refractivity contribution in [3.05, 3.63) is 48.0 Å². The standard InChI is InChI=1S/C22H32/c1-3-5-7-9-14-19(13-8-6-4-2)22-18-12-16-20-15-10-11-17-21(20)22/h10-12,15-19H,3-9,13-14H2,1-2H3. The molecule has 0 heterocycles. The van der Waals surface area contributed by atoms with Crippen LogP contribution in [0.2, 0.25) is 0 Å². The van der Waals surface area contributed by atoms with Gasteiger partial charge in [-0.05, 0) is 35.1 Å². The number of hydrogen-bond acceptors (Lipinski definition) is 0. The molecule has 2 rings (SSSR count). The predicted molar refractivity (Wildman–Crippen MR) is 99.6 cm³/mol. The Labute approximate surface area is 136 Å². The summed E-state index contributed by atoms with van der Waals surface area (Å²) in [5.74, 6) is 0.745. The zero-order valence-electron chi connectivity index (χ0n) is 14.5. The van der Waals surface area contributed by atoms with Crippen molar-refractivity contribution < 1.29 is 0 Å². The highest BCUT2D eigenvalue weighted by molar-refractivity contribution is 5.86. The second-order valence-electron chi connectivity index (χ2n) is 6.61. The predicted octanol–water partition coefficient (Wildman–Crippen LogP) is 7.47. The van der Waals surface area contributed by atoms with Crippen LogP contribution >= 0.6 is 0 Å². The molecule has 2 aromatic carbocycles. The zero-order valence-corrected chi connectivity index (χ0v) is 14.5. The Hall–Kier alpha value is -1.30. The molecule has 120 valence electrons. The largest absolute Gasteiger partial charge is 0.0654 e. The van der Waals surface area contributed by atoms with Crippen molar-refractivity contribution >= 4 is 10.8 Å². The lowest BCUT2D eigenvalue weighted by Gasteiger charge is -2.19. The molecule has 0 aliphatic heterocycles. The van der Waals surface area contributed by atoms with Crippen LogP contribution < -0.4 is 0 Å². The van der Waals surface area contributed by atoms with E-state index in [1.54, 1.807) is 5.56 Å². The molecular weight excluding hydrogens is 264 g/mol. The molecule has 0 saturated heterocycles. The van der Waals surface area contributed by atoms with E-state index < -0.39 is 0 Å². The molecule has 1 atom stereocenters. The van der Waals surface area contributed by atoms with Crippen LogP contribution in [0.1, 0.15) is 83.1 Å². The van der Waals surface area contributed by atoms with E-state index in [1.807, 2.05) is 0 Å². The van der Waals surface area contributed by atoms with Gasteiger partial charge >= 0.3 is 0 Å². The Bertz CT molecular complexity index is 535. The molecule has 0 radical (unpaired) electrons. The fourth-order valence-corrected chi connectivity index (χ4v) is 3.52. The Kier molecular flexibility index (Phi) is 7.49. The van der Waals surface area contributed by atoms with Crippen LogP contribution in [-0.2, 0) is 0 Å². The molecule has 0 bridgehead atoms. The molecule has 0 amide bonds. The maximum atomic E-state index is 2.37. The summed E-state index contributed by atoms with van der Waals surface area (Å²) in [7, 11) is 0. The van der Waals surface area contributed by atoms with Crippen molar-refractivity contribution in [3.63, 3.8) is 0 Å². The zero-order chi connectivity index (χ0) is 15.6. The smallest absolute Gasteiger partial charge is 0.0149 e. The summed E-state index contributed by atoms with van der Waals surface area (Å²) in [5.41, 5.74) is 1.59. The van der Waals surface area contributed by atoms with Gasteiger partial charge in [-0.25, -0.2) is 0 Å². The number of unbranched alkanes of at least 4 members (excludes halogenated alkanes) is 5. The van der Waals surface area contributed by atoms with E-state index in [-0.39, 0.29) is 0 Å². The fraction of sp³-hybridized carbons (Fsp3) is 0.545. The molecular formula is C22H32. The van der Waals surface area contributed by atoms with E-state index in [2.05, 4.69) is 56.3 Å². The summed E-state index contributed by atoms with van der Waals surface area (Å²) in [6.07, 6.45) is 12.3. The first-order valence-corrected chi connectivity index (χ1v) is 9.34. The van der Waals surface area contributed by atoms with Crippen LogP contribution in [0.15, 0.2) is 42.5 Å². The summed E-state index contributed by atoms with van der Waals surface area (Å²) >= 11 is 0. The summed E-state index contributed by atoms with van der Waals surface area (Å²) in [4.78, 5) is 0. The van der Waals surface area contributed by atoms with Crippen LogP contribution in [0.25, 0.3) is 10.8 Å². The Balaban J connectivity index is 2.14. The molecule has 1 unspecified atom stereocenters. The van der Waals surface area contributed by atoms with Gasteiger partial charge in [-0.2, -0.15) is 0 Å². The average molecular weight is 296 g/mol. The van der Waals surface area contributed by atoms with Crippen LogP contribution in [0.4, 0.5) is 0 Å². The first kappa shape index (κ1) is 17.1. The molecule has 0 aliphatic carbocycles. The number of benzene rings is 2. The Morgan fingerprint density at radius 2 is 1.32 bits per heavy atom. The normalized spacial score (nSPS) is 12.6. The minimum Gasteiger partial charge on any atom is -0.0654 e. The Morgan fingerprint density at radius 3 is 2.09 bits per heavy atom. The van der Waals surface area contributed by atoms with Crippen LogP contribution in [0.5, 0.6) is 0 Å². The van der Waals surface area contributed by atoms with Gasteiger partial charge in [-0.1, -0.05) is 101 Å². The first-order valence-electron chi connectivity index (χ1n) is 9.34. The SMILES string of the molecule is CCCCCCC(CCCCC)c1cccc2ccccc12. The maximum absolute atomic E-state index is 2.37. The van der Waals surface area contributed by atoms with Gasteiger partial charge in [0.1, 0.15) is 0 Å². The monoisotopic (exact) mass is 296 g/mol. The number of fused-ring (bicyclic) bond motifs is 1. The Morgan fingerprint density at radius 1 is 0.682 bits per heavy atom. The van der Waals surface area contributed by atoms with E-state index in [9.17, 15) is 0 Å². The fourth-order valence-electron chi connectivity index (χ4n) is 3.52. The van der Waals surface area contributed by atoms with Crippen LogP contribution in [0, 0.1) is 0 Å². The maximum Gasteiger partial charge on any atom is -0.0149 e. The summed E-state index contributed by atoms with van der Waals surface area (Å²) in [5, 5.41) is 2.87. The van der Waals surface area contributed by atoms with Gasteiger partial charge in [-0.3, -0.25) is 0 Å². The number of rotatable bonds is 10. The van der Waals surface area contributed by atoms with Gasteiger partial charge in [0.2, 0.25) is 0 Å². The van der Waals surface area contributed by atoms with E-state index in [0.29, 0.717) is 0 Å². The molecule has 0 aromatic heterocycles. The third kappa shape index (κ3) is 4.87. The third-order valence-electron chi connectivity index (χ3n) is 4.83. The summed E-state index contributed by atoms with van der Waals surface area (Å²) < 4.78 is 0.